The third-order valence-corrected chi connectivity index (χ3v) is 4.06. The van der Waals surface area contributed by atoms with E-state index in [-0.39, 0.29) is 17.4 Å². The van der Waals surface area contributed by atoms with Crippen LogP contribution >= 0.6 is 0 Å². The van der Waals surface area contributed by atoms with Gasteiger partial charge in [-0.1, -0.05) is 51.1 Å². The van der Waals surface area contributed by atoms with E-state index in [0.29, 0.717) is 6.54 Å². The highest BCUT2D eigenvalue weighted by molar-refractivity contribution is 5.22. The first-order chi connectivity index (χ1) is 9.17. The Hall–Kier alpha value is -1.03. The van der Waals surface area contributed by atoms with Crippen molar-refractivity contribution in [3.8, 4) is 0 Å². The SMILES string of the molecule is CC(C)(C)[C@H]1C[C@H](c2ccccc2)CN1CC(F)(F)F. The van der Waals surface area contributed by atoms with E-state index in [4.69, 9.17) is 0 Å². The Morgan fingerprint density at radius 1 is 1.10 bits per heavy atom. The molecule has 1 aromatic carbocycles. The average Bonchev–Trinajstić information content (AvgIpc) is 2.71. The van der Waals surface area contributed by atoms with E-state index < -0.39 is 12.7 Å². The van der Waals surface area contributed by atoms with Crippen molar-refractivity contribution in [2.24, 2.45) is 5.41 Å². The van der Waals surface area contributed by atoms with Gasteiger partial charge in [0.15, 0.2) is 0 Å². The minimum absolute atomic E-state index is 0.0330. The molecule has 4 heteroatoms. The fourth-order valence-electron chi connectivity index (χ4n) is 3.18. The van der Waals surface area contributed by atoms with Crippen molar-refractivity contribution in [3.05, 3.63) is 35.9 Å². The van der Waals surface area contributed by atoms with Crippen molar-refractivity contribution in [1.82, 2.24) is 4.90 Å². The summed E-state index contributed by atoms with van der Waals surface area (Å²) in [5.41, 5.74) is 1.00. The first-order valence-electron chi connectivity index (χ1n) is 7.02. The van der Waals surface area contributed by atoms with Crippen LogP contribution in [0.2, 0.25) is 0 Å². The fraction of sp³-hybridized carbons (Fsp3) is 0.625. The van der Waals surface area contributed by atoms with Gasteiger partial charge in [-0.3, -0.25) is 4.90 Å². The van der Waals surface area contributed by atoms with Crippen molar-refractivity contribution < 1.29 is 13.2 Å². The monoisotopic (exact) mass is 285 g/mol. The van der Waals surface area contributed by atoms with Gasteiger partial charge >= 0.3 is 6.18 Å². The van der Waals surface area contributed by atoms with Gasteiger partial charge in [-0.15, -0.1) is 0 Å². The number of benzene rings is 1. The highest BCUT2D eigenvalue weighted by Gasteiger charge is 2.44. The van der Waals surface area contributed by atoms with Crippen LogP contribution in [-0.2, 0) is 0 Å². The predicted octanol–water partition coefficient (Wildman–Crippen LogP) is 4.45. The lowest BCUT2D eigenvalue weighted by atomic mass is 9.82. The number of hydrogen-bond acceptors (Lipinski definition) is 1. The van der Waals surface area contributed by atoms with Gasteiger partial charge in [0.1, 0.15) is 0 Å². The molecule has 1 saturated heterocycles. The smallest absolute Gasteiger partial charge is 0.291 e. The number of likely N-dealkylation sites (tertiary alicyclic amines) is 1. The minimum atomic E-state index is -4.13. The van der Waals surface area contributed by atoms with Gasteiger partial charge in [-0.2, -0.15) is 13.2 Å². The molecule has 1 aliphatic rings. The largest absolute Gasteiger partial charge is 0.401 e. The lowest BCUT2D eigenvalue weighted by molar-refractivity contribution is -0.151. The zero-order chi connectivity index (χ0) is 15.0. The topological polar surface area (TPSA) is 3.24 Å². The van der Waals surface area contributed by atoms with Crippen molar-refractivity contribution in [3.63, 3.8) is 0 Å². The van der Waals surface area contributed by atoms with Crippen LogP contribution < -0.4 is 0 Å². The summed E-state index contributed by atoms with van der Waals surface area (Å²) in [6.45, 7) is 5.75. The van der Waals surface area contributed by atoms with Crippen LogP contribution in [0, 0.1) is 5.41 Å². The molecule has 20 heavy (non-hydrogen) atoms. The van der Waals surface area contributed by atoms with E-state index in [9.17, 15) is 13.2 Å². The molecule has 0 saturated carbocycles. The molecule has 0 aromatic heterocycles. The Balaban J connectivity index is 2.18. The maximum atomic E-state index is 12.8. The summed E-state index contributed by atoms with van der Waals surface area (Å²) in [5, 5.41) is 0. The van der Waals surface area contributed by atoms with Crippen LogP contribution in [0.25, 0.3) is 0 Å². The molecule has 0 N–H and O–H groups in total. The molecule has 0 amide bonds. The van der Waals surface area contributed by atoms with Crippen molar-refractivity contribution in [1.29, 1.82) is 0 Å². The summed E-state index contributed by atoms with van der Waals surface area (Å²) in [6.07, 6.45) is -3.33. The molecule has 1 nitrogen and oxygen atoms in total. The number of hydrogen-bond donors (Lipinski definition) is 0. The third-order valence-electron chi connectivity index (χ3n) is 4.06. The van der Waals surface area contributed by atoms with Crippen LogP contribution in [0.15, 0.2) is 30.3 Å². The van der Waals surface area contributed by atoms with E-state index in [1.54, 1.807) is 4.90 Å². The fourth-order valence-corrected chi connectivity index (χ4v) is 3.18. The van der Waals surface area contributed by atoms with Gasteiger partial charge in [-0.05, 0) is 23.3 Å². The maximum Gasteiger partial charge on any atom is 0.401 e. The molecule has 0 unspecified atom stereocenters. The number of nitrogens with zero attached hydrogens (tertiary/aromatic N) is 1. The van der Waals surface area contributed by atoms with Crippen LogP contribution in [0.5, 0.6) is 0 Å². The molecule has 2 atom stereocenters. The first kappa shape index (κ1) is 15.4. The molecule has 2 rings (SSSR count). The Bertz CT molecular complexity index is 433. The van der Waals surface area contributed by atoms with Gasteiger partial charge in [0, 0.05) is 12.6 Å². The normalized spacial score (nSPS) is 25.1. The van der Waals surface area contributed by atoms with Crippen molar-refractivity contribution in [2.75, 3.05) is 13.1 Å². The van der Waals surface area contributed by atoms with Crippen LogP contribution in [0.1, 0.15) is 38.7 Å². The highest BCUT2D eigenvalue weighted by atomic mass is 19.4. The molecular formula is C16H22F3N. The Kier molecular flexibility index (Phi) is 4.14. The number of rotatable bonds is 2. The van der Waals surface area contributed by atoms with Crippen molar-refractivity contribution >= 4 is 0 Å². The lowest BCUT2D eigenvalue weighted by Gasteiger charge is -2.35. The molecule has 0 radical (unpaired) electrons. The number of alkyl halides is 3. The maximum absolute atomic E-state index is 12.8. The van der Waals surface area contributed by atoms with Gasteiger partial charge in [0.25, 0.3) is 0 Å². The molecular weight excluding hydrogens is 263 g/mol. The molecule has 1 aromatic rings. The van der Waals surface area contributed by atoms with E-state index in [0.717, 1.165) is 12.0 Å². The summed E-state index contributed by atoms with van der Waals surface area (Å²) >= 11 is 0. The molecule has 1 aliphatic heterocycles. The lowest BCUT2D eigenvalue weighted by Crippen LogP contribution is -2.44. The summed E-state index contributed by atoms with van der Waals surface area (Å²) in [4.78, 5) is 1.61. The molecule has 1 heterocycles. The van der Waals surface area contributed by atoms with Gasteiger partial charge in [-0.25, -0.2) is 0 Å². The Labute approximate surface area is 118 Å². The molecule has 112 valence electrons. The molecule has 0 spiro atoms. The Morgan fingerprint density at radius 2 is 1.70 bits per heavy atom. The van der Waals surface area contributed by atoms with Crippen LogP contribution in [0.3, 0.4) is 0 Å². The second kappa shape index (κ2) is 5.40. The molecule has 1 fully saturated rings. The minimum Gasteiger partial charge on any atom is -0.291 e. The first-order valence-corrected chi connectivity index (χ1v) is 7.02. The second-order valence-corrected chi connectivity index (χ2v) is 6.77. The van der Waals surface area contributed by atoms with E-state index in [1.165, 1.54) is 0 Å². The quantitative estimate of drug-likeness (QED) is 0.776. The summed E-state index contributed by atoms with van der Waals surface area (Å²) in [6, 6.07) is 9.84. The predicted molar refractivity (Wildman–Crippen MR) is 74.7 cm³/mol. The average molecular weight is 285 g/mol. The van der Waals surface area contributed by atoms with Crippen LogP contribution in [-0.4, -0.2) is 30.2 Å². The summed E-state index contributed by atoms with van der Waals surface area (Å²) in [5.74, 6) is 0.197. The van der Waals surface area contributed by atoms with Gasteiger partial charge in [0.2, 0.25) is 0 Å². The van der Waals surface area contributed by atoms with E-state index in [1.807, 2.05) is 51.1 Å². The van der Waals surface area contributed by atoms with Gasteiger partial charge in [0.05, 0.1) is 6.54 Å². The van der Waals surface area contributed by atoms with E-state index in [2.05, 4.69) is 0 Å². The zero-order valence-corrected chi connectivity index (χ0v) is 12.2. The summed E-state index contributed by atoms with van der Waals surface area (Å²) < 4.78 is 38.3. The molecule has 0 bridgehead atoms. The molecule has 0 aliphatic carbocycles. The van der Waals surface area contributed by atoms with E-state index >= 15 is 0 Å². The third kappa shape index (κ3) is 3.75. The highest BCUT2D eigenvalue weighted by Crippen LogP contribution is 2.40. The van der Waals surface area contributed by atoms with Gasteiger partial charge < -0.3 is 0 Å². The van der Waals surface area contributed by atoms with Crippen molar-refractivity contribution in [2.45, 2.75) is 45.3 Å². The summed E-state index contributed by atoms with van der Waals surface area (Å²) in [7, 11) is 0. The van der Waals surface area contributed by atoms with Crippen LogP contribution in [0.4, 0.5) is 13.2 Å². The standard InChI is InChI=1S/C16H22F3N/c1-15(2,3)14-9-13(12-7-5-4-6-8-12)10-20(14)11-16(17,18)19/h4-8,13-14H,9-11H2,1-3H3/t13-,14+/m0/s1. The second-order valence-electron chi connectivity index (χ2n) is 6.77. The zero-order valence-electron chi connectivity index (χ0n) is 12.2. The number of halogens is 3. The Morgan fingerprint density at radius 3 is 2.20 bits per heavy atom.